The largest absolute Gasteiger partial charge is 0.311 e. The monoisotopic (exact) mass is 731 g/mol. The molecule has 0 saturated heterocycles. The highest BCUT2D eigenvalue weighted by Crippen LogP contribution is 2.38. The summed E-state index contributed by atoms with van der Waals surface area (Å²) in [7, 11) is 0. The minimum Gasteiger partial charge on any atom is -0.311 e. The van der Waals surface area contributed by atoms with Crippen LogP contribution in [0.2, 0.25) is 0 Å². The van der Waals surface area contributed by atoms with Gasteiger partial charge < -0.3 is 9.80 Å². The van der Waals surface area contributed by atoms with E-state index in [1.54, 1.807) is 0 Å². The van der Waals surface area contributed by atoms with Crippen LogP contribution in [0.3, 0.4) is 0 Å². The molecule has 0 saturated carbocycles. The number of anilines is 6. The van der Waals surface area contributed by atoms with Gasteiger partial charge >= 0.3 is 0 Å². The molecule has 10 aromatic rings. The minimum atomic E-state index is 0.624. The van der Waals surface area contributed by atoms with Crippen molar-refractivity contribution in [2.24, 2.45) is 0 Å². The lowest BCUT2D eigenvalue weighted by molar-refractivity contribution is 0.995. The second kappa shape index (κ2) is 14.8. The summed E-state index contributed by atoms with van der Waals surface area (Å²) in [6, 6.07) is 78.4. The van der Waals surface area contributed by atoms with Crippen LogP contribution in [0.25, 0.3) is 50.3 Å². The van der Waals surface area contributed by atoms with Gasteiger partial charge in [-0.05, 0) is 91.0 Å². The van der Waals surface area contributed by atoms with Gasteiger partial charge in [-0.3, -0.25) is 4.57 Å². The SMILES string of the molecule is c1ccc(N(c2ccccc2)c2ccc(-c3cc(-c4ccc(N(c5ccccc5)c5ccccc5)cc4)nc(-n4c5ccccc5c5ccccc54)n3)cc2)cc1. The molecule has 5 heteroatoms. The number of benzene rings is 8. The predicted molar refractivity (Wildman–Crippen MR) is 237 cm³/mol. The van der Waals surface area contributed by atoms with Crippen molar-refractivity contribution >= 4 is 55.9 Å². The Morgan fingerprint density at radius 1 is 0.298 bits per heavy atom. The zero-order valence-corrected chi connectivity index (χ0v) is 31.1. The maximum atomic E-state index is 5.32. The lowest BCUT2D eigenvalue weighted by atomic mass is 10.1. The van der Waals surface area contributed by atoms with Crippen molar-refractivity contribution in [3.8, 4) is 28.5 Å². The topological polar surface area (TPSA) is 37.2 Å². The first-order chi connectivity index (χ1) is 28.3. The second-order valence-electron chi connectivity index (χ2n) is 13.9. The quantitative estimate of drug-likeness (QED) is 0.148. The van der Waals surface area contributed by atoms with Gasteiger partial charge in [-0.2, -0.15) is 0 Å². The molecule has 5 nitrogen and oxygen atoms in total. The standard InChI is InChI=1S/C52H37N5/c1-5-17-40(18-6-1)55(41-19-7-2-8-20-41)44-33-29-38(30-34-44)48-37-49(54-52(53-48)57-50-27-15-13-25-46(50)47-26-14-16-28-51(47)57)39-31-35-45(36-32-39)56(42-21-9-3-10-22-42)43-23-11-4-12-24-43/h1-37H. The van der Waals surface area contributed by atoms with Gasteiger partial charge in [0.15, 0.2) is 0 Å². The molecule has 0 N–H and O–H groups in total. The molecule has 8 aromatic carbocycles. The Balaban J connectivity index is 1.11. The van der Waals surface area contributed by atoms with Gasteiger partial charge in [0, 0.05) is 56.0 Å². The molecule has 10 rings (SSSR count). The van der Waals surface area contributed by atoms with E-state index in [2.05, 4.69) is 215 Å². The van der Waals surface area contributed by atoms with Crippen molar-refractivity contribution in [3.05, 3.63) is 224 Å². The summed E-state index contributed by atoms with van der Waals surface area (Å²) in [6.45, 7) is 0. The number of rotatable bonds is 9. The van der Waals surface area contributed by atoms with Crippen molar-refractivity contribution in [1.82, 2.24) is 14.5 Å². The molecule has 0 fully saturated rings. The highest BCUT2D eigenvalue weighted by atomic mass is 15.2. The van der Waals surface area contributed by atoms with Crippen molar-refractivity contribution in [2.45, 2.75) is 0 Å². The summed E-state index contributed by atoms with van der Waals surface area (Å²) in [4.78, 5) is 15.2. The van der Waals surface area contributed by atoms with Gasteiger partial charge in [-0.25, -0.2) is 9.97 Å². The maximum Gasteiger partial charge on any atom is 0.235 e. The first-order valence-electron chi connectivity index (χ1n) is 19.2. The summed E-state index contributed by atoms with van der Waals surface area (Å²) in [5.74, 6) is 0.624. The Labute approximate surface area is 332 Å². The summed E-state index contributed by atoms with van der Waals surface area (Å²) < 4.78 is 2.19. The smallest absolute Gasteiger partial charge is 0.235 e. The molecular formula is C52H37N5. The Bertz CT molecular complexity index is 2650. The molecule has 0 aliphatic rings. The molecule has 0 aliphatic carbocycles. The van der Waals surface area contributed by atoms with Gasteiger partial charge in [-0.1, -0.05) is 133 Å². The van der Waals surface area contributed by atoms with Crippen LogP contribution in [-0.4, -0.2) is 14.5 Å². The molecule has 2 heterocycles. The Kier molecular flexibility index (Phi) is 8.78. The fourth-order valence-corrected chi connectivity index (χ4v) is 7.73. The molecule has 0 aliphatic heterocycles. The summed E-state index contributed by atoms with van der Waals surface area (Å²) in [5, 5.41) is 2.34. The number of aromatic nitrogens is 3. The van der Waals surface area contributed by atoms with Crippen molar-refractivity contribution in [2.75, 3.05) is 9.80 Å². The number of fused-ring (bicyclic) bond motifs is 3. The van der Waals surface area contributed by atoms with E-state index in [1.165, 1.54) is 10.8 Å². The van der Waals surface area contributed by atoms with Gasteiger partial charge in [0.2, 0.25) is 5.95 Å². The van der Waals surface area contributed by atoms with E-state index < -0.39 is 0 Å². The number of hydrogen-bond acceptors (Lipinski definition) is 4. The first-order valence-corrected chi connectivity index (χ1v) is 19.2. The zero-order chi connectivity index (χ0) is 38.0. The Morgan fingerprint density at radius 3 is 0.947 bits per heavy atom. The molecule has 2 aromatic heterocycles. The lowest BCUT2D eigenvalue weighted by Crippen LogP contribution is -2.09. The van der Waals surface area contributed by atoms with E-state index in [-0.39, 0.29) is 0 Å². The average molecular weight is 732 g/mol. The average Bonchev–Trinajstić information content (AvgIpc) is 3.63. The fraction of sp³-hybridized carbons (Fsp3) is 0. The zero-order valence-electron chi connectivity index (χ0n) is 31.1. The van der Waals surface area contributed by atoms with Crippen LogP contribution in [-0.2, 0) is 0 Å². The third-order valence-corrected chi connectivity index (χ3v) is 10.4. The molecule has 0 unspecified atom stereocenters. The molecule has 57 heavy (non-hydrogen) atoms. The third kappa shape index (κ3) is 6.47. The van der Waals surface area contributed by atoms with E-state index in [9.17, 15) is 0 Å². The fourth-order valence-electron chi connectivity index (χ4n) is 7.73. The molecule has 0 bridgehead atoms. The van der Waals surface area contributed by atoms with Gasteiger partial charge in [0.1, 0.15) is 0 Å². The number of nitrogens with zero attached hydrogens (tertiary/aromatic N) is 5. The lowest BCUT2D eigenvalue weighted by Gasteiger charge is -2.25. The van der Waals surface area contributed by atoms with Gasteiger partial charge in [-0.15, -0.1) is 0 Å². The molecule has 0 atom stereocenters. The molecule has 0 radical (unpaired) electrons. The normalized spacial score (nSPS) is 11.2. The van der Waals surface area contributed by atoms with Gasteiger partial charge in [0.05, 0.1) is 22.4 Å². The molecule has 0 spiro atoms. The summed E-state index contributed by atoms with van der Waals surface area (Å²) in [6.07, 6.45) is 0. The van der Waals surface area contributed by atoms with Crippen LogP contribution in [0.5, 0.6) is 0 Å². The van der Waals surface area contributed by atoms with Gasteiger partial charge in [0.25, 0.3) is 0 Å². The van der Waals surface area contributed by atoms with Crippen molar-refractivity contribution in [1.29, 1.82) is 0 Å². The van der Waals surface area contributed by atoms with Crippen LogP contribution in [0.1, 0.15) is 0 Å². The van der Waals surface area contributed by atoms with Crippen LogP contribution >= 0.6 is 0 Å². The van der Waals surface area contributed by atoms with Crippen LogP contribution in [0.4, 0.5) is 34.1 Å². The Morgan fingerprint density at radius 2 is 0.596 bits per heavy atom. The summed E-state index contributed by atoms with van der Waals surface area (Å²) >= 11 is 0. The van der Waals surface area contributed by atoms with E-state index in [0.717, 1.165) is 67.7 Å². The highest BCUT2D eigenvalue weighted by molar-refractivity contribution is 6.09. The molecular weight excluding hydrogens is 695 g/mol. The molecule has 270 valence electrons. The Hall–Kier alpha value is -7.76. The highest BCUT2D eigenvalue weighted by Gasteiger charge is 2.19. The van der Waals surface area contributed by atoms with E-state index >= 15 is 0 Å². The van der Waals surface area contributed by atoms with E-state index in [0.29, 0.717) is 5.95 Å². The second-order valence-corrected chi connectivity index (χ2v) is 13.9. The maximum absolute atomic E-state index is 5.32. The number of hydrogen-bond donors (Lipinski definition) is 0. The predicted octanol–water partition coefficient (Wildman–Crippen LogP) is 13.8. The summed E-state index contributed by atoms with van der Waals surface area (Å²) in [5.41, 5.74) is 12.3. The van der Waals surface area contributed by atoms with E-state index in [1.807, 2.05) is 24.3 Å². The third-order valence-electron chi connectivity index (χ3n) is 10.4. The van der Waals surface area contributed by atoms with E-state index in [4.69, 9.17) is 9.97 Å². The number of para-hydroxylation sites is 6. The van der Waals surface area contributed by atoms with Crippen molar-refractivity contribution in [3.63, 3.8) is 0 Å². The first kappa shape index (κ1) is 33.8. The van der Waals surface area contributed by atoms with Crippen LogP contribution in [0, 0.1) is 0 Å². The molecule has 0 amide bonds. The van der Waals surface area contributed by atoms with Crippen LogP contribution in [0.15, 0.2) is 224 Å². The van der Waals surface area contributed by atoms with Crippen LogP contribution < -0.4 is 9.80 Å². The van der Waals surface area contributed by atoms with Crippen molar-refractivity contribution < 1.29 is 0 Å². The minimum absolute atomic E-state index is 0.624.